The third-order valence-electron chi connectivity index (χ3n) is 5.04. The first-order valence-electron chi connectivity index (χ1n) is 9.35. The van der Waals surface area contributed by atoms with Gasteiger partial charge in [-0.2, -0.15) is 0 Å². The van der Waals surface area contributed by atoms with Crippen LogP contribution in [0.4, 0.5) is 15.8 Å². The van der Waals surface area contributed by atoms with Gasteiger partial charge in [0.1, 0.15) is 11.5 Å². The standard InChI is InChI=1S/C21H21FN2O5/c1-14-8-10-23(11-9-14)18-7-6-15(12-19(18)24(27)28)21(26)29-13-20(25)16-4-2-3-5-17(16)22/h2-7,12,14H,8-11,13H2,1H3. The van der Waals surface area contributed by atoms with Crippen LogP contribution in [0.1, 0.15) is 40.5 Å². The normalized spacial score (nSPS) is 14.5. The van der Waals surface area contributed by atoms with Crippen LogP contribution in [-0.2, 0) is 4.74 Å². The summed E-state index contributed by atoms with van der Waals surface area (Å²) in [5.41, 5.74) is 0.0587. The number of halogens is 1. The van der Waals surface area contributed by atoms with E-state index in [9.17, 15) is 24.1 Å². The smallest absolute Gasteiger partial charge is 0.338 e. The zero-order valence-electron chi connectivity index (χ0n) is 16.0. The Bertz CT molecular complexity index is 938. The predicted molar refractivity (Wildman–Crippen MR) is 105 cm³/mol. The van der Waals surface area contributed by atoms with Crippen LogP contribution in [0.15, 0.2) is 42.5 Å². The molecule has 0 aliphatic carbocycles. The number of carbonyl (C=O) groups excluding carboxylic acids is 2. The SMILES string of the molecule is CC1CCN(c2ccc(C(=O)OCC(=O)c3ccccc3F)cc2[N+](=O)[O-])CC1. The van der Waals surface area contributed by atoms with Crippen LogP contribution in [0.2, 0.25) is 0 Å². The Morgan fingerprint density at radius 2 is 1.90 bits per heavy atom. The Morgan fingerprint density at radius 1 is 1.21 bits per heavy atom. The van der Waals surface area contributed by atoms with Crippen molar-refractivity contribution in [1.29, 1.82) is 0 Å². The maximum Gasteiger partial charge on any atom is 0.338 e. The summed E-state index contributed by atoms with van der Waals surface area (Å²) in [7, 11) is 0. The van der Waals surface area contributed by atoms with E-state index in [2.05, 4.69) is 6.92 Å². The molecule has 152 valence electrons. The number of anilines is 1. The number of rotatable bonds is 6. The molecule has 2 aromatic rings. The maximum absolute atomic E-state index is 13.6. The highest BCUT2D eigenvalue weighted by atomic mass is 19.1. The van der Waals surface area contributed by atoms with Crippen molar-refractivity contribution in [3.63, 3.8) is 0 Å². The molecule has 8 heteroatoms. The van der Waals surface area contributed by atoms with Gasteiger partial charge in [-0.1, -0.05) is 19.1 Å². The lowest BCUT2D eigenvalue weighted by atomic mass is 9.98. The molecule has 0 radical (unpaired) electrons. The van der Waals surface area contributed by atoms with Crippen molar-refractivity contribution < 1.29 is 23.6 Å². The zero-order chi connectivity index (χ0) is 21.0. The molecule has 0 amide bonds. The second kappa shape index (κ2) is 8.81. The molecule has 2 aromatic carbocycles. The molecular weight excluding hydrogens is 379 g/mol. The highest BCUT2D eigenvalue weighted by Gasteiger charge is 2.25. The van der Waals surface area contributed by atoms with Crippen LogP contribution in [0, 0.1) is 21.8 Å². The van der Waals surface area contributed by atoms with E-state index >= 15 is 0 Å². The van der Waals surface area contributed by atoms with E-state index < -0.39 is 29.1 Å². The Kier molecular flexibility index (Phi) is 6.21. The third-order valence-corrected chi connectivity index (χ3v) is 5.04. The van der Waals surface area contributed by atoms with Gasteiger partial charge in [0, 0.05) is 19.2 Å². The van der Waals surface area contributed by atoms with E-state index in [-0.39, 0.29) is 16.8 Å². The first kappa shape index (κ1) is 20.4. The molecule has 0 atom stereocenters. The van der Waals surface area contributed by atoms with Crippen molar-refractivity contribution in [3.05, 3.63) is 69.5 Å². The topological polar surface area (TPSA) is 89.8 Å². The Hall–Kier alpha value is -3.29. The van der Waals surface area contributed by atoms with Gasteiger partial charge in [-0.05, 0) is 43.0 Å². The fourth-order valence-electron chi connectivity index (χ4n) is 3.29. The summed E-state index contributed by atoms with van der Waals surface area (Å²) in [6.45, 7) is 2.92. The highest BCUT2D eigenvalue weighted by Crippen LogP contribution is 2.32. The molecule has 0 aromatic heterocycles. The summed E-state index contributed by atoms with van der Waals surface area (Å²) >= 11 is 0. The molecular formula is C21H21FN2O5. The van der Waals surface area contributed by atoms with Gasteiger partial charge < -0.3 is 9.64 Å². The molecule has 7 nitrogen and oxygen atoms in total. The first-order chi connectivity index (χ1) is 13.9. The van der Waals surface area contributed by atoms with Gasteiger partial charge in [-0.3, -0.25) is 14.9 Å². The Balaban J connectivity index is 1.72. The molecule has 0 spiro atoms. The molecule has 0 unspecified atom stereocenters. The Labute approximate surface area is 167 Å². The van der Waals surface area contributed by atoms with Crippen LogP contribution < -0.4 is 4.90 Å². The summed E-state index contributed by atoms with van der Waals surface area (Å²) in [5, 5.41) is 11.5. The minimum Gasteiger partial charge on any atom is -0.454 e. The van der Waals surface area contributed by atoms with E-state index in [1.54, 1.807) is 0 Å². The number of nitro benzene ring substituents is 1. The van der Waals surface area contributed by atoms with Gasteiger partial charge in [-0.25, -0.2) is 9.18 Å². The lowest BCUT2D eigenvalue weighted by Gasteiger charge is -2.31. The van der Waals surface area contributed by atoms with Crippen molar-refractivity contribution in [3.8, 4) is 0 Å². The van der Waals surface area contributed by atoms with Gasteiger partial charge in [-0.15, -0.1) is 0 Å². The number of esters is 1. The van der Waals surface area contributed by atoms with Gasteiger partial charge >= 0.3 is 5.97 Å². The number of nitro groups is 1. The fourth-order valence-corrected chi connectivity index (χ4v) is 3.29. The predicted octanol–water partition coefficient (Wildman–Crippen LogP) is 4.01. The fraction of sp³-hybridized carbons (Fsp3) is 0.333. The second-order valence-corrected chi connectivity index (χ2v) is 7.11. The number of nitrogens with zero attached hydrogens (tertiary/aromatic N) is 2. The lowest BCUT2D eigenvalue weighted by molar-refractivity contribution is -0.384. The van der Waals surface area contributed by atoms with Gasteiger partial charge in [0.15, 0.2) is 6.61 Å². The number of ether oxygens (including phenoxy) is 1. The maximum atomic E-state index is 13.6. The van der Waals surface area contributed by atoms with Gasteiger partial charge in [0.05, 0.1) is 16.1 Å². The second-order valence-electron chi connectivity index (χ2n) is 7.11. The molecule has 1 fully saturated rings. The summed E-state index contributed by atoms with van der Waals surface area (Å²) in [6, 6.07) is 9.51. The summed E-state index contributed by atoms with van der Waals surface area (Å²) in [4.78, 5) is 37.2. The van der Waals surface area contributed by atoms with Gasteiger partial charge in [0.2, 0.25) is 5.78 Å². The molecule has 3 rings (SSSR count). The zero-order valence-corrected chi connectivity index (χ0v) is 16.0. The number of hydrogen-bond donors (Lipinski definition) is 0. The van der Waals surface area contributed by atoms with Crippen molar-refractivity contribution in [2.24, 2.45) is 5.92 Å². The molecule has 1 aliphatic heterocycles. The average Bonchev–Trinajstić information content (AvgIpc) is 2.72. The molecule has 0 bridgehead atoms. The van der Waals surface area contributed by atoms with Crippen LogP contribution in [0.5, 0.6) is 0 Å². The molecule has 0 N–H and O–H groups in total. The lowest BCUT2D eigenvalue weighted by Crippen LogP contribution is -2.33. The summed E-state index contributed by atoms with van der Waals surface area (Å²) < 4.78 is 18.6. The number of benzene rings is 2. The molecule has 1 aliphatic rings. The van der Waals surface area contributed by atoms with E-state index in [1.807, 2.05) is 4.90 Å². The summed E-state index contributed by atoms with van der Waals surface area (Å²) in [5.74, 6) is -1.70. The van der Waals surface area contributed by atoms with Crippen LogP contribution in [-0.4, -0.2) is 36.4 Å². The van der Waals surface area contributed by atoms with Crippen molar-refractivity contribution in [2.75, 3.05) is 24.6 Å². The highest BCUT2D eigenvalue weighted by molar-refractivity contribution is 5.99. The van der Waals surface area contributed by atoms with Crippen LogP contribution >= 0.6 is 0 Å². The van der Waals surface area contributed by atoms with E-state index in [0.717, 1.165) is 25.0 Å². The number of Topliss-reactive ketones (excluding diaryl/α,β-unsaturated/α-hetero) is 1. The van der Waals surface area contributed by atoms with E-state index in [1.165, 1.54) is 30.3 Å². The minimum atomic E-state index is -0.878. The molecule has 0 saturated carbocycles. The van der Waals surface area contributed by atoms with E-state index in [0.29, 0.717) is 24.7 Å². The van der Waals surface area contributed by atoms with Crippen LogP contribution in [0.25, 0.3) is 0 Å². The number of carbonyl (C=O) groups is 2. The Morgan fingerprint density at radius 3 is 2.55 bits per heavy atom. The number of ketones is 1. The first-order valence-corrected chi connectivity index (χ1v) is 9.35. The van der Waals surface area contributed by atoms with Crippen LogP contribution in [0.3, 0.4) is 0 Å². The molecule has 1 saturated heterocycles. The van der Waals surface area contributed by atoms with Crippen molar-refractivity contribution >= 4 is 23.1 Å². The minimum absolute atomic E-state index is 0.0350. The van der Waals surface area contributed by atoms with E-state index in [4.69, 9.17) is 4.74 Å². The number of piperidine rings is 1. The van der Waals surface area contributed by atoms with Gasteiger partial charge in [0.25, 0.3) is 5.69 Å². The largest absolute Gasteiger partial charge is 0.454 e. The quantitative estimate of drug-likeness (QED) is 0.315. The van der Waals surface area contributed by atoms with Crippen molar-refractivity contribution in [1.82, 2.24) is 0 Å². The molecule has 1 heterocycles. The third kappa shape index (κ3) is 4.77. The number of hydrogen-bond acceptors (Lipinski definition) is 6. The monoisotopic (exact) mass is 400 g/mol. The molecule has 29 heavy (non-hydrogen) atoms. The summed E-state index contributed by atoms with van der Waals surface area (Å²) in [6.07, 6.45) is 1.89. The average molecular weight is 400 g/mol. The van der Waals surface area contributed by atoms with Crippen molar-refractivity contribution in [2.45, 2.75) is 19.8 Å².